The Morgan fingerprint density at radius 2 is 1.52 bits per heavy atom. The molecule has 11 heteroatoms. The van der Waals surface area contributed by atoms with Crippen LogP contribution in [0.4, 0.5) is 0 Å². The largest absolute Gasteiger partial charge is 0.829 e. The second kappa shape index (κ2) is 7.21. The van der Waals surface area contributed by atoms with Gasteiger partial charge in [-0.3, -0.25) is 0 Å². The van der Waals surface area contributed by atoms with Crippen molar-refractivity contribution >= 4 is 0 Å². The van der Waals surface area contributed by atoms with Crippen LogP contribution in [0.5, 0.6) is 0 Å². The van der Waals surface area contributed by atoms with E-state index >= 15 is 0 Å². The molecule has 9 atom stereocenters. The van der Waals surface area contributed by atoms with Crippen LogP contribution in [-0.4, -0.2) is 110 Å². The number of ether oxygens (including phenoxy) is 3. The summed E-state index contributed by atoms with van der Waals surface area (Å²) in [6.07, 6.45) is -13.3. The third-order valence-electron chi connectivity index (χ3n) is 4.07. The first-order valence-electron chi connectivity index (χ1n) is 7.03. The molecule has 0 aliphatic carbocycles. The third kappa shape index (κ3) is 3.23. The Bertz CT molecular complexity index is 395. The van der Waals surface area contributed by atoms with E-state index in [-0.39, 0.29) is 0 Å². The van der Waals surface area contributed by atoms with Gasteiger partial charge in [-0.25, -0.2) is 0 Å². The highest BCUT2D eigenvalue weighted by Gasteiger charge is 2.57. The molecule has 0 spiro atoms. The summed E-state index contributed by atoms with van der Waals surface area (Å²) in [5.74, 6) is -2.28. The topological polar surface area (TPSA) is 192 Å². The normalized spacial score (nSPS) is 51.1. The zero-order valence-corrected chi connectivity index (χ0v) is 12.0. The van der Waals surface area contributed by atoms with Gasteiger partial charge in [0, 0.05) is 6.29 Å². The van der Waals surface area contributed by atoms with E-state index in [1.165, 1.54) is 0 Å². The lowest BCUT2D eigenvalue weighted by molar-refractivity contribution is -0.543. The summed E-state index contributed by atoms with van der Waals surface area (Å²) in [5.41, 5.74) is 0. The van der Waals surface area contributed by atoms with Gasteiger partial charge in [-0.15, -0.1) is 0 Å². The van der Waals surface area contributed by atoms with Gasteiger partial charge in [0.15, 0.2) is 0 Å². The molecule has 0 aromatic carbocycles. The molecule has 0 amide bonds. The lowest BCUT2D eigenvalue weighted by Crippen LogP contribution is -2.66. The average Bonchev–Trinajstić information content (AvgIpc) is 2.80. The quantitative estimate of drug-likeness (QED) is 0.252. The van der Waals surface area contributed by atoms with Crippen molar-refractivity contribution in [2.24, 2.45) is 0 Å². The third-order valence-corrected chi connectivity index (χ3v) is 4.07. The Hall–Kier alpha value is -0.440. The van der Waals surface area contributed by atoms with Gasteiger partial charge in [0.25, 0.3) is 0 Å². The fraction of sp³-hybridized carbons (Fsp3) is 1.00. The van der Waals surface area contributed by atoms with Crippen LogP contribution < -0.4 is 5.11 Å². The van der Waals surface area contributed by atoms with Crippen LogP contribution in [0, 0.1) is 0 Å². The maximum atomic E-state index is 11.9. The van der Waals surface area contributed by atoms with Gasteiger partial charge in [-0.2, -0.15) is 0 Å². The zero-order chi connectivity index (χ0) is 17.4. The predicted octanol–water partition coefficient (Wildman–Crippen LogP) is -6.03. The van der Waals surface area contributed by atoms with Crippen molar-refractivity contribution in [2.75, 3.05) is 19.8 Å². The number of aliphatic hydroxyl groups is 7. The van der Waals surface area contributed by atoms with E-state index in [2.05, 4.69) is 0 Å². The molecular formula is C12H21O11-. The van der Waals surface area contributed by atoms with Gasteiger partial charge in [-0.1, -0.05) is 0 Å². The molecule has 2 rings (SSSR count). The molecule has 2 saturated heterocycles. The number of rotatable bonds is 5. The standard InChI is InChI=1S/C12H21O11/c13-1-4-6(16)8(18)9(11(20)21-4)23-12(3-15)10(19)7(17)5(2-14)22-12/h4-11,13-19H,1-3H2/q-1/t4-,5-,6-,7-,8+,9+,10+,11+,12+/m1/s1. The van der Waals surface area contributed by atoms with Gasteiger partial charge < -0.3 is 55.1 Å². The van der Waals surface area contributed by atoms with Crippen LogP contribution in [0.15, 0.2) is 0 Å². The predicted molar refractivity (Wildman–Crippen MR) is 66.4 cm³/mol. The Morgan fingerprint density at radius 3 is 2.00 bits per heavy atom. The van der Waals surface area contributed by atoms with Crippen molar-refractivity contribution < 1.29 is 55.1 Å². The Kier molecular flexibility index (Phi) is 5.92. The lowest BCUT2D eigenvalue weighted by atomic mass is 9.98. The van der Waals surface area contributed by atoms with Crippen molar-refractivity contribution in [3.63, 3.8) is 0 Å². The molecule has 0 aromatic heterocycles. The Labute approximate surface area is 130 Å². The Morgan fingerprint density at radius 1 is 0.913 bits per heavy atom. The molecule has 7 N–H and O–H groups in total. The first-order valence-corrected chi connectivity index (χ1v) is 7.03. The number of hydrogen-bond acceptors (Lipinski definition) is 11. The minimum absolute atomic E-state index is 0.691. The number of hydrogen-bond donors (Lipinski definition) is 7. The molecule has 0 aromatic rings. The minimum Gasteiger partial charge on any atom is -0.829 e. The minimum atomic E-state index is -2.28. The van der Waals surface area contributed by atoms with Crippen molar-refractivity contribution in [3.8, 4) is 0 Å². The van der Waals surface area contributed by atoms with Gasteiger partial charge >= 0.3 is 0 Å². The van der Waals surface area contributed by atoms with Crippen molar-refractivity contribution in [2.45, 2.75) is 54.8 Å². The fourth-order valence-electron chi connectivity index (χ4n) is 2.68. The van der Waals surface area contributed by atoms with E-state index in [4.69, 9.17) is 24.4 Å². The van der Waals surface area contributed by atoms with E-state index in [1.807, 2.05) is 0 Å². The maximum absolute atomic E-state index is 11.9. The van der Waals surface area contributed by atoms with E-state index < -0.39 is 74.6 Å². The molecule has 2 aliphatic rings. The van der Waals surface area contributed by atoms with E-state index in [0.29, 0.717) is 0 Å². The summed E-state index contributed by atoms with van der Waals surface area (Å²) in [7, 11) is 0. The summed E-state index contributed by atoms with van der Waals surface area (Å²) >= 11 is 0. The van der Waals surface area contributed by atoms with Crippen LogP contribution in [-0.2, 0) is 14.2 Å². The highest BCUT2D eigenvalue weighted by Crippen LogP contribution is 2.35. The van der Waals surface area contributed by atoms with Crippen LogP contribution in [0.1, 0.15) is 0 Å². The first kappa shape index (κ1) is 18.9. The second-order valence-electron chi connectivity index (χ2n) is 5.53. The van der Waals surface area contributed by atoms with E-state index in [1.54, 1.807) is 0 Å². The van der Waals surface area contributed by atoms with Crippen molar-refractivity contribution in [3.05, 3.63) is 0 Å². The van der Waals surface area contributed by atoms with Gasteiger partial charge in [0.2, 0.25) is 5.79 Å². The molecule has 23 heavy (non-hydrogen) atoms. The smallest absolute Gasteiger partial charge is 0.221 e. The summed E-state index contributed by atoms with van der Waals surface area (Å²) in [5, 5.41) is 78.9. The molecule has 0 bridgehead atoms. The molecule has 136 valence electrons. The summed E-state index contributed by atoms with van der Waals surface area (Å²) < 4.78 is 15.0. The molecular weight excluding hydrogens is 320 g/mol. The monoisotopic (exact) mass is 341 g/mol. The SMILES string of the molecule is [O-][C@H]1O[C@H](CO)[C@@H](O)[C@H](O)[C@@H]1O[C@]1(CO)O[C@H](CO)[C@@H](O)[C@@H]1O. The second-order valence-corrected chi connectivity index (χ2v) is 5.53. The molecule has 2 aliphatic heterocycles. The van der Waals surface area contributed by atoms with Crippen molar-refractivity contribution in [1.29, 1.82) is 0 Å². The highest BCUT2D eigenvalue weighted by atomic mass is 16.8. The lowest BCUT2D eigenvalue weighted by Gasteiger charge is -2.48. The molecule has 2 fully saturated rings. The molecule has 0 saturated carbocycles. The van der Waals surface area contributed by atoms with Crippen LogP contribution >= 0.6 is 0 Å². The summed E-state index contributed by atoms with van der Waals surface area (Å²) in [6, 6.07) is 0. The maximum Gasteiger partial charge on any atom is 0.221 e. The van der Waals surface area contributed by atoms with Gasteiger partial charge in [0.1, 0.15) is 49.3 Å². The fourth-order valence-corrected chi connectivity index (χ4v) is 2.68. The first-order chi connectivity index (χ1) is 10.8. The Balaban J connectivity index is 2.18. The van der Waals surface area contributed by atoms with Crippen LogP contribution in [0.2, 0.25) is 0 Å². The van der Waals surface area contributed by atoms with Crippen molar-refractivity contribution in [1.82, 2.24) is 0 Å². The summed E-state index contributed by atoms with van der Waals surface area (Å²) in [6.45, 7) is -2.40. The highest BCUT2D eigenvalue weighted by molar-refractivity contribution is 4.99. The molecule has 0 radical (unpaired) electrons. The van der Waals surface area contributed by atoms with E-state index in [0.717, 1.165) is 0 Å². The number of aliphatic hydroxyl groups excluding tert-OH is 7. The molecule has 2 heterocycles. The average molecular weight is 341 g/mol. The zero-order valence-electron chi connectivity index (χ0n) is 12.0. The molecule has 11 nitrogen and oxygen atoms in total. The van der Waals surface area contributed by atoms with Gasteiger partial charge in [0.05, 0.1) is 13.2 Å². The van der Waals surface area contributed by atoms with Gasteiger partial charge in [-0.05, 0) is 0 Å². The summed E-state index contributed by atoms with van der Waals surface area (Å²) in [4.78, 5) is 0. The molecule has 0 unspecified atom stereocenters. The van der Waals surface area contributed by atoms with Crippen LogP contribution in [0.25, 0.3) is 0 Å². The van der Waals surface area contributed by atoms with E-state index in [9.17, 15) is 30.6 Å². The van der Waals surface area contributed by atoms with Crippen LogP contribution in [0.3, 0.4) is 0 Å².